The third-order valence-electron chi connectivity index (χ3n) is 5.64. The number of carboxylic acid groups (broad SMARTS) is 1. The van der Waals surface area contributed by atoms with E-state index < -0.39 is 11.4 Å². The summed E-state index contributed by atoms with van der Waals surface area (Å²) >= 11 is 0. The van der Waals surface area contributed by atoms with E-state index in [4.69, 9.17) is 0 Å². The molecule has 1 aromatic carbocycles. The van der Waals surface area contributed by atoms with Gasteiger partial charge in [-0.2, -0.15) is 0 Å². The number of amides is 2. The molecule has 0 bridgehead atoms. The van der Waals surface area contributed by atoms with Crippen LogP contribution in [0, 0.1) is 18.3 Å². The second kappa shape index (κ2) is 6.08. The van der Waals surface area contributed by atoms with E-state index in [1.54, 1.807) is 11.0 Å². The van der Waals surface area contributed by atoms with Crippen molar-refractivity contribution in [3.8, 4) is 5.69 Å². The average molecular weight is 356 g/mol. The molecule has 9 nitrogen and oxygen atoms in total. The molecular formula is C17H20N6O3. The van der Waals surface area contributed by atoms with Gasteiger partial charge in [0.15, 0.2) is 0 Å². The molecule has 1 saturated carbocycles. The van der Waals surface area contributed by atoms with Crippen molar-refractivity contribution < 1.29 is 14.7 Å². The molecule has 1 aromatic heterocycles. The van der Waals surface area contributed by atoms with Crippen molar-refractivity contribution in [2.24, 2.45) is 11.3 Å². The number of hydrogen-bond donors (Lipinski definition) is 2. The normalized spacial score (nSPS) is 24.5. The molecule has 2 atom stereocenters. The summed E-state index contributed by atoms with van der Waals surface area (Å²) in [5.41, 5.74) is 1.58. The minimum absolute atomic E-state index is 0.0422. The van der Waals surface area contributed by atoms with Crippen LogP contribution in [0.3, 0.4) is 0 Å². The maximum atomic E-state index is 12.7. The zero-order valence-corrected chi connectivity index (χ0v) is 14.4. The largest absolute Gasteiger partial charge is 0.481 e. The number of aromatic nitrogens is 4. The third kappa shape index (κ3) is 2.59. The van der Waals surface area contributed by atoms with Crippen molar-refractivity contribution in [2.45, 2.75) is 26.2 Å². The monoisotopic (exact) mass is 356 g/mol. The number of fused-ring (bicyclic) bond motifs is 1. The van der Waals surface area contributed by atoms with Gasteiger partial charge in [0.2, 0.25) is 0 Å². The lowest BCUT2D eigenvalue weighted by molar-refractivity contribution is -0.149. The van der Waals surface area contributed by atoms with Gasteiger partial charge in [-0.15, -0.1) is 5.10 Å². The summed E-state index contributed by atoms with van der Waals surface area (Å²) in [7, 11) is 0. The van der Waals surface area contributed by atoms with E-state index in [0.717, 1.165) is 24.1 Å². The Morgan fingerprint density at radius 2 is 2.23 bits per heavy atom. The first-order valence-corrected chi connectivity index (χ1v) is 8.63. The van der Waals surface area contributed by atoms with Gasteiger partial charge >= 0.3 is 12.0 Å². The number of aryl methyl sites for hydroxylation is 1. The lowest BCUT2D eigenvalue weighted by Crippen LogP contribution is -2.38. The molecule has 2 amide bonds. The van der Waals surface area contributed by atoms with Crippen molar-refractivity contribution in [1.29, 1.82) is 0 Å². The number of tetrazole rings is 1. The Balaban J connectivity index is 1.51. The van der Waals surface area contributed by atoms with E-state index in [2.05, 4.69) is 20.8 Å². The zero-order chi connectivity index (χ0) is 18.3. The van der Waals surface area contributed by atoms with E-state index in [-0.39, 0.29) is 18.5 Å². The van der Waals surface area contributed by atoms with Gasteiger partial charge in [0.1, 0.15) is 6.33 Å². The first kappa shape index (κ1) is 16.5. The maximum Gasteiger partial charge on any atom is 0.321 e. The van der Waals surface area contributed by atoms with E-state index in [1.165, 1.54) is 11.0 Å². The summed E-state index contributed by atoms with van der Waals surface area (Å²) in [4.78, 5) is 26.1. The van der Waals surface area contributed by atoms with Crippen LogP contribution in [0.5, 0.6) is 0 Å². The smallest absolute Gasteiger partial charge is 0.321 e. The van der Waals surface area contributed by atoms with Crippen LogP contribution in [0.15, 0.2) is 24.5 Å². The molecule has 1 saturated heterocycles. The summed E-state index contributed by atoms with van der Waals surface area (Å²) in [5.74, 6) is -0.743. The van der Waals surface area contributed by atoms with Crippen molar-refractivity contribution in [2.75, 3.05) is 18.4 Å². The Bertz CT molecular complexity index is 852. The summed E-state index contributed by atoms with van der Waals surface area (Å²) in [6.07, 6.45) is 3.92. The second-order valence-corrected chi connectivity index (χ2v) is 7.12. The Kier molecular flexibility index (Phi) is 3.86. The Morgan fingerprint density at radius 3 is 2.92 bits per heavy atom. The Hall–Kier alpha value is -2.97. The number of carbonyl (C=O) groups is 2. The molecule has 0 unspecified atom stereocenters. The number of rotatable bonds is 3. The first-order chi connectivity index (χ1) is 12.5. The van der Waals surface area contributed by atoms with Gasteiger partial charge in [-0.1, -0.05) is 12.5 Å². The van der Waals surface area contributed by atoms with Crippen molar-refractivity contribution in [3.05, 3.63) is 30.1 Å². The number of nitrogens with one attached hydrogen (secondary N) is 1. The van der Waals surface area contributed by atoms with Gasteiger partial charge in [-0.25, -0.2) is 9.48 Å². The molecule has 9 heteroatoms. The van der Waals surface area contributed by atoms with Crippen molar-refractivity contribution >= 4 is 17.7 Å². The van der Waals surface area contributed by atoms with Gasteiger partial charge in [-0.3, -0.25) is 4.79 Å². The van der Waals surface area contributed by atoms with Crippen LogP contribution in [-0.2, 0) is 4.79 Å². The number of anilines is 1. The van der Waals surface area contributed by atoms with Crippen LogP contribution in [0.1, 0.15) is 24.8 Å². The second-order valence-electron chi connectivity index (χ2n) is 7.12. The SMILES string of the molecule is Cc1ccc(NC(=O)N2C[C@@H]3CCC[C@@]3(C(=O)O)C2)cc1-n1cnnn1. The number of aliphatic carboxylic acids is 1. The maximum absolute atomic E-state index is 12.7. The van der Waals surface area contributed by atoms with Gasteiger partial charge in [0.05, 0.1) is 11.1 Å². The molecule has 2 N–H and O–H groups in total. The van der Waals surface area contributed by atoms with Crippen LogP contribution in [0.25, 0.3) is 5.69 Å². The molecule has 0 radical (unpaired) electrons. The number of benzene rings is 1. The minimum Gasteiger partial charge on any atom is -0.481 e. The predicted octanol–water partition coefficient (Wildman–Crippen LogP) is 1.69. The fraction of sp³-hybridized carbons (Fsp3) is 0.471. The quantitative estimate of drug-likeness (QED) is 0.865. The average Bonchev–Trinajstić information content (AvgIpc) is 3.31. The summed E-state index contributed by atoms with van der Waals surface area (Å²) in [5, 5.41) is 23.7. The Labute approximate surface area is 150 Å². The topological polar surface area (TPSA) is 113 Å². The number of urea groups is 1. The van der Waals surface area contributed by atoms with E-state index in [1.807, 2.05) is 19.1 Å². The molecule has 26 heavy (non-hydrogen) atoms. The highest BCUT2D eigenvalue weighted by atomic mass is 16.4. The number of likely N-dealkylation sites (tertiary alicyclic amines) is 1. The lowest BCUT2D eigenvalue weighted by Gasteiger charge is -2.23. The summed E-state index contributed by atoms with van der Waals surface area (Å²) in [6.45, 7) is 2.69. The fourth-order valence-corrected chi connectivity index (χ4v) is 4.20. The molecule has 136 valence electrons. The van der Waals surface area contributed by atoms with Gasteiger partial charge < -0.3 is 15.3 Å². The highest BCUT2D eigenvalue weighted by molar-refractivity contribution is 5.91. The van der Waals surface area contributed by atoms with E-state index in [0.29, 0.717) is 18.7 Å². The van der Waals surface area contributed by atoms with Crippen LogP contribution in [0.4, 0.5) is 10.5 Å². The molecule has 2 fully saturated rings. The highest BCUT2D eigenvalue weighted by Crippen LogP contribution is 2.48. The summed E-state index contributed by atoms with van der Waals surface area (Å²) < 4.78 is 1.53. The summed E-state index contributed by atoms with van der Waals surface area (Å²) in [6, 6.07) is 5.22. The molecule has 0 spiro atoms. The third-order valence-corrected chi connectivity index (χ3v) is 5.64. The van der Waals surface area contributed by atoms with Crippen molar-refractivity contribution in [3.63, 3.8) is 0 Å². The van der Waals surface area contributed by atoms with Crippen LogP contribution in [0.2, 0.25) is 0 Å². The number of carbonyl (C=O) groups excluding carboxylic acids is 1. The number of hydrogen-bond acceptors (Lipinski definition) is 5. The van der Waals surface area contributed by atoms with Crippen LogP contribution >= 0.6 is 0 Å². The molecule has 2 heterocycles. The standard InChI is InChI=1S/C17H20N6O3/c1-11-4-5-13(7-14(11)23-10-18-20-21-23)19-16(26)22-8-12-3-2-6-17(12,9-22)15(24)25/h4-5,7,10,12H,2-3,6,8-9H2,1H3,(H,19,26)(H,24,25)/t12-,17+/m0/s1. The van der Waals surface area contributed by atoms with Crippen LogP contribution in [-0.4, -0.2) is 55.3 Å². The van der Waals surface area contributed by atoms with Crippen molar-refractivity contribution in [1.82, 2.24) is 25.1 Å². The Morgan fingerprint density at radius 1 is 1.38 bits per heavy atom. The molecule has 1 aliphatic heterocycles. The zero-order valence-electron chi connectivity index (χ0n) is 14.4. The fourth-order valence-electron chi connectivity index (χ4n) is 4.20. The van der Waals surface area contributed by atoms with E-state index >= 15 is 0 Å². The van der Waals surface area contributed by atoms with Gasteiger partial charge in [0, 0.05) is 18.8 Å². The number of nitrogens with zero attached hydrogens (tertiary/aromatic N) is 5. The van der Waals surface area contributed by atoms with E-state index in [9.17, 15) is 14.7 Å². The van der Waals surface area contributed by atoms with Gasteiger partial charge in [-0.05, 0) is 53.8 Å². The first-order valence-electron chi connectivity index (χ1n) is 8.63. The van der Waals surface area contributed by atoms with Crippen LogP contribution < -0.4 is 5.32 Å². The molecule has 2 aromatic rings. The van der Waals surface area contributed by atoms with Gasteiger partial charge in [0.25, 0.3) is 0 Å². The predicted molar refractivity (Wildman–Crippen MR) is 91.9 cm³/mol. The molecule has 2 aliphatic rings. The molecular weight excluding hydrogens is 336 g/mol. The molecule has 1 aliphatic carbocycles. The number of carboxylic acids is 1. The lowest BCUT2D eigenvalue weighted by atomic mass is 9.81. The molecule has 4 rings (SSSR count). The highest BCUT2D eigenvalue weighted by Gasteiger charge is 2.55. The minimum atomic E-state index is -0.786.